The molecule has 2 heterocycles. The van der Waals surface area contributed by atoms with Gasteiger partial charge in [-0.3, -0.25) is 2.78 Å². The number of aromatic nitrogens is 2. The van der Waals surface area contributed by atoms with Gasteiger partial charge in [0.25, 0.3) is 0 Å². The van der Waals surface area contributed by atoms with E-state index in [-0.39, 0.29) is 0 Å². The average Bonchev–Trinajstić information content (AvgIpc) is 3.10. The molecule has 0 unspecified atom stereocenters. The molecule has 0 aliphatic heterocycles. The molecule has 0 aliphatic rings. The van der Waals surface area contributed by atoms with E-state index in [1.54, 1.807) is 0 Å². The van der Waals surface area contributed by atoms with Crippen LogP contribution in [-0.2, 0) is 7.05 Å². The van der Waals surface area contributed by atoms with Gasteiger partial charge >= 0.3 is 0 Å². The minimum Gasteiger partial charge on any atom is -0.350 e. The maximum Gasteiger partial charge on any atom is 0.0662 e. The molecule has 22 heavy (non-hydrogen) atoms. The standard InChI is InChI=1S/C19H13IN2/c1-21-10-8-14-6-4-12-2-3-13-5-7-15-9-11-22(20)19(15)17(13)16(12)18(14)21/h2-11H,1H3. The van der Waals surface area contributed by atoms with E-state index >= 15 is 0 Å². The number of hydrogen-bond donors (Lipinski definition) is 0. The summed E-state index contributed by atoms with van der Waals surface area (Å²) in [5.41, 5.74) is 2.62. The van der Waals surface area contributed by atoms with Gasteiger partial charge in [-0.2, -0.15) is 0 Å². The SMILES string of the molecule is Cn1ccc2ccc3ccc4ccc5ccn(I)c5c4c3c21. The van der Waals surface area contributed by atoms with Crippen LogP contribution in [0, 0.1) is 0 Å². The molecule has 0 N–H and O–H groups in total. The van der Waals surface area contributed by atoms with Crippen LogP contribution in [0.25, 0.3) is 43.4 Å². The van der Waals surface area contributed by atoms with Gasteiger partial charge in [-0.25, -0.2) is 0 Å². The third-order valence-electron chi connectivity index (χ3n) is 4.60. The van der Waals surface area contributed by atoms with Crippen LogP contribution < -0.4 is 0 Å². The van der Waals surface area contributed by atoms with Crippen molar-refractivity contribution in [1.29, 1.82) is 0 Å². The van der Waals surface area contributed by atoms with Crippen LogP contribution in [0.15, 0.2) is 60.9 Å². The summed E-state index contributed by atoms with van der Waals surface area (Å²) in [6.45, 7) is 0. The third kappa shape index (κ3) is 1.49. The number of benzene rings is 3. The molecule has 3 heteroatoms. The lowest BCUT2D eigenvalue weighted by Crippen LogP contribution is -1.89. The summed E-state index contributed by atoms with van der Waals surface area (Å²) in [6, 6.07) is 17.7. The molecule has 0 fully saturated rings. The van der Waals surface area contributed by atoms with Gasteiger partial charge in [0.15, 0.2) is 0 Å². The van der Waals surface area contributed by atoms with Gasteiger partial charge in [0, 0.05) is 41.0 Å². The Morgan fingerprint density at radius 3 is 1.82 bits per heavy atom. The minimum atomic E-state index is 1.29. The van der Waals surface area contributed by atoms with E-state index in [9.17, 15) is 0 Å². The molecule has 3 aromatic carbocycles. The predicted molar refractivity (Wildman–Crippen MR) is 103 cm³/mol. The van der Waals surface area contributed by atoms with Crippen LogP contribution in [0.3, 0.4) is 0 Å². The van der Waals surface area contributed by atoms with Gasteiger partial charge in [0.05, 0.1) is 33.9 Å². The normalized spacial score (nSPS) is 12.1. The Labute approximate surface area is 141 Å². The maximum atomic E-state index is 2.37. The molecule has 0 amide bonds. The number of nitrogens with zero attached hydrogens (tertiary/aromatic N) is 2. The zero-order chi connectivity index (χ0) is 14.8. The Morgan fingerprint density at radius 1 is 0.636 bits per heavy atom. The van der Waals surface area contributed by atoms with Crippen molar-refractivity contribution in [2.24, 2.45) is 7.05 Å². The van der Waals surface area contributed by atoms with E-state index < -0.39 is 0 Å². The second-order valence-corrected chi connectivity index (χ2v) is 6.86. The van der Waals surface area contributed by atoms with Crippen molar-refractivity contribution in [3.05, 3.63) is 60.9 Å². The average molecular weight is 396 g/mol. The summed E-state index contributed by atoms with van der Waals surface area (Å²) in [5, 5.41) is 7.88. The second kappa shape index (κ2) is 4.26. The van der Waals surface area contributed by atoms with Crippen LogP contribution in [0.2, 0.25) is 0 Å². The Kier molecular flexibility index (Phi) is 2.42. The van der Waals surface area contributed by atoms with Gasteiger partial charge in [-0.1, -0.05) is 36.4 Å². The lowest BCUT2D eigenvalue weighted by atomic mass is 9.98. The van der Waals surface area contributed by atoms with Crippen LogP contribution in [-0.4, -0.2) is 7.35 Å². The van der Waals surface area contributed by atoms with Gasteiger partial charge in [-0.15, -0.1) is 0 Å². The summed E-state index contributed by atoms with van der Waals surface area (Å²) in [5.74, 6) is 0. The van der Waals surface area contributed by atoms with Crippen molar-refractivity contribution in [3.63, 3.8) is 0 Å². The lowest BCUT2D eigenvalue weighted by Gasteiger charge is -2.10. The molecule has 0 bridgehead atoms. The Balaban J connectivity index is 2.24. The zero-order valence-corrected chi connectivity index (χ0v) is 14.2. The first-order valence-electron chi connectivity index (χ1n) is 7.31. The highest BCUT2D eigenvalue weighted by Crippen LogP contribution is 2.37. The Hall–Kier alpha value is -2.01. The number of halogens is 1. The largest absolute Gasteiger partial charge is 0.350 e. The highest BCUT2D eigenvalue weighted by atomic mass is 127. The van der Waals surface area contributed by atoms with Gasteiger partial charge in [0.2, 0.25) is 0 Å². The highest BCUT2D eigenvalue weighted by molar-refractivity contribution is 14.1. The monoisotopic (exact) mass is 396 g/mol. The summed E-state index contributed by atoms with van der Waals surface area (Å²) < 4.78 is 4.44. The van der Waals surface area contributed by atoms with Gasteiger partial charge in [0.1, 0.15) is 0 Å². The zero-order valence-electron chi connectivity index (χ0n) is 12.0. The fraction of sp³-hybridized carbons (Fsp3) is 0.0526. The van der Waals surface area contributed by atoms with E-state index in [4.69, 9.17) is 0 Å². The molecule has 2 aromatic heterocycles. The molecular weight excluding hydrogens is 383 g/mol. The molecule has 0 spiro atoms. The van der Waals surface area contributed by atoms with Crippen LogP contribution in [0.4, 0.5) is 0 Å². The molecule has 5 rings (SSSR count). The predicted octanol–water partition coefficient (Wildman–Crippen LogP) is 5.64. The van der Waals surface area contributed by atoms with Crippen molar-refractivity contribution in [1.82, 2.24) is 7.35 Å². The summed E-state index contributed by atoms with van der Waals surface area (Å²) in [6.07, 6.45) is 4.28. The summed E-state index contributed by atoms with van der Waals surface area (Å²) in [7, 11) is 2.13. The van der Waals surface area contributed by atoms with E-state index in [2.05, 4.69) is 98.2 Å². The van der Waals surface area contributed by atoms with Crippen molar-refractivity contribution >= 4 is 66.2 Å². The molecular formula is C19H13IN2. The van der Waals surface area contributed by atoms with E-state index in [0.717, 1.165) is 0 Å². The fourth-order valence-corrected chi connectivity index (χ4v) is 4.28. The van der Waals surface area contributed by atoms with Crippen LogP contribution in [0.1, 0.15) is 0 Å². The number of aryl methyl sites for hydroxylation is 1. The van der Waals surface area contributed by atoms with E-state index in [1.165, 1.54) is 43.4 Å². The first-order valence-corrected chi connectivity index (χ1v) is 8.27. The molecule has 5 aromatic rings. The van der Waals surface area contributed by atoms with E-state index in [0.29, 0.717) is 0 Å². The lowest BCUT2D eigenvalue weighted by molar-refractivity contribution is 0.973. The quantitative estimate of drug-likeness (QED) is 0.237. The van der Waals surface area contributed by atoms with Gasteiger partial charge < -0.3 is 4.57 Å². The van der Waals surface area contributed by atoms with Crippen molar-refractivity contribution in [2.75, 3.05) is 0 Å². The highest BCUT2D eigenvalue weighted by Gasteiger charge is 2.12. The van der Waals surface area contributed by atoms with E-state index in [1.807, 2.05) is 0 Å². The topological polar surface area (TPSA) is 9.86 Å². The molecule has 0 aliphatic carbocycles. The first-order chi connectivity index (χ1) is 10.7. The molecule has 0 radical (unpaired) electrons. The van der Waals surface area contributed by atoms with Crippen molar-refractivity contribution < 1.29 is 0 Å². The third-order valence-corrected chi connectivity index (χ3v) is 5.41. The number of rotatable bonds is 0. The Morgan fingerprint density at radius 2 is 1.14 bits per heavy atom. The molecule has 2 nitrogen and oxygen atoms in total. The molecule has 0 atom stereocenters. The molecule has 0 saturated heterocycles. The number of fused-ring (bicyclic) bond motifs is 7. The fourth-order valence-electron chi connectivity index (χ4n) is 3.59. The van der Waals surface area contributed by atoms with Crippen molar-refractivity contribution in [3.8, 4) is 0 Å². The Bertz CT molecular complexity index is 1100. The van der Waals surface area contributed by atoms with Crippen LogP contribution >= 0.6 is 22.9 Å². The molecule has 0 saturated carbocycles. The van der Waals surface area contributed by atoms with Crippen molar-refractivity contribution in [2.45, 2.75) is 0 Å². The van der Waals surface area contributed by atoms with Crippen LogP contribution in [0.5, 0.6) is 0 Å². The maximum absolute atomic E-state index is 2.37. The number of hydrogen-bond acceptors (Lipinski definition) is 0. The summed E-state index contributed by atoms with van der Waals surface area (Å²) in [4.78, 5) is 0. The summed E-state index contributed by atoms with van der Waals surface area (Å²) >= 11 is 2.37. The smallest absolute Gasteiger partial charge is 0.0662 e. The molecule has 106 valence electrons. The first kappa shape index (κ1) is 12.5. The second-order valence-electron chi connectivity index (χ2n) is 5.82. The minimum absolute atomic E-state index is 1.29. The van der Waals surface area contributed by atoms with Gasteiger partial charge in [-0.05, 0) is 22.9 Å².